The van der Waals surface area contributed by atoms with Gasteiger partial charge in [0.2, 0.25) is 0 Å². The number of Topliss-reactive ketones (excluding diaryl/α,β-unsaturated/α-hetero) is 1. The molecular weight excluding hydrogens is 513 g/mol. The van der Waals surface area contributed by atoms with E-state index in [1.807, 2.05) is 16.4 Å². The van der Waals surface area contributed by atoms with Gasteiger partial charge in [-0.1, -0.05) is 30.0 Å². The number of amides is 1. The first kappa shape index (κ1) is 27.5. The Hall–Kier alpha value is -2.56. The van der Waals surface area contributed by atoms with Crippen LogP contribution in [0.25, 0.3) is 6.08 Å². The number of hydrogen-bond acceptors (Lipinski definition) is 8. The zero-order valence-electron chi connectivity index (χ0n) is 21.5. The molecule has 1 aromatic heterocycles. The van der Waals surface area contributed by atoms with E-state index in [0.717, 1.165) is 18.4 Å². The summed E-state index contributed by atoms with van der Waals surface area (Å²) >= 11 is 2.53. The summed E-state index contributed by atoms with van der Waals surface area (Å²) in [7, 11) is 0. The molecule has 1 saturated heterocycles. The molecule has 2 unspecified atom stereocenters. The second-order valence-electron chi connectivity index (χ2n) is 10.4. The van der Waals surface area contributed by atoms with Crippen molar-refractivity contribution in [2.75, 3.05) is 18.4 Å². The lowest BCUT2D eigenvalue weighted by atomic mass is 9.93. The Morgan fingerprint density at radius 1 is 1.24 bits per heavy atom. The normalized spacial score (nSPS) is 20.5. The van der Waals surface area contributed by atoms with Crippen LogP contribution in [0.2, 0.25) is 0 Å². The van der Waals surface area contributed by atoms with Gasteiger partial charge in [-0.25, -0.2) is 14.2 Å². The molecule has 1 saturated carbocycles. The Labute approximate surface area is 224 Å². The molecule has 1 amide bonds. The van der Waals surface area contributed by atoms with Crippen LogP contribution in [0.1, 0.15) is 64.3 Å². The third-order valence-electron chi connectivity index (χ3n) is 6.06. The van der Waals surface area contributed by atoms with E-state index in [1.54, 1.807) is 45.9 Å². The van der Waals surface area contributed by atoms with E-state index >= 15 is 0 Å². The monoisotopic (exact) mass is 545 g/mol. The molecule has 4 rings (SSSR count). The molecule has 2 heterocycles. The summed E-state index contributed by atoms with van der Waals surface area (Å²) in [6.45, 7) is 7.88. The number of hydrogen-bond donors (Lipinski definition) is 1. The Morgan fingerprint density at radius 3 is 2.62 bits per heavy atom. The highest BCUT2D eigenvalue weighted by molar-refractivity contribution is 8.14. The molecule has 0 bridgehead atoms. The lowest BCUT2D eigenvalue weighted by Gasteiger charge is -2.38. The van der Waals surface area contributed by atoms with Crippen LogP contribution < -0.4 is 5.32 Å². The standard InChI is InChI=1S/C27H32FN3O4S2/c1-16(32)37-22-11-12-31(23(24(33)17-9-10-17)20-7-5-6-8-21(20)28)14-18(22)13-19-15-36-25(29-19)30-26(34)35-27(2,3)4/h5-8,13,15,17,22-23H,9-12,14H2,1-4H3,(H,29,30,34)/b18-13+. The van der Waals surface area contributed by atoms with Crippen LogP contribution in [0.15, 0.2) is 35.2 Å². The van der Waals surface area contributed by atoms with Crippen molar-refractivity contribution in [2.45, 2.75) is 63.9 Å². The number of anilines is 1. The molecule has 1 aromatic carbocycles. The van der Waals surface area contributed by atoms with Gasteiger partial charge < -0.3 is 4.74 Å². The zero-order chi connectivity index (χ0) is 26.7. The first-order valence-electron chi connectivity index (χ1n) is 12.4. The minimum atomic E-state index is -0.666. The average Bonchev–Trinajstić information content (AvgIpc) is 3.56. The average molecular weight is 546 g/mol. The van der Waals surface area contributed by atoms with Crippen molar-refractivity contribution in [3.8, 4) is 0 Å². The van der Waals surface area contributed by atoms with Gasteiger partial charge in [-0.15, -0.1) is 11.3 Å². The van der Waals surface area contributed by atoms with Crippen molar-refractivity contribution in [2.24, 2.45) is 5.92 Å². The predicted molar refractivity (Wildman–Crippen MR) is 145 cm³/mol. The van der Waals surface area contributed by atoms with Crippen LogP contribution in [0.4, 0.5) is 14.3 Å². The zero-order valence-corrected chi connectivity index (χ0v) is 23.1. The molecule has 1 N–H and O–H groups in total. The van der Waals surface area contributed by atoms with Crippen LogP contribution in [0, 0.1) is 11.7 Å². The number of carbonyl (C=O) groups is 3. The number of rotatable bonds is 7. The molecule has 2 aromatic rings. The van der Waals surface area contributed by atoms with E-state index in [9.17, 15) is 18.8 Å². The van der Waals surface area contributed by atoms with Gasteiger partial charge in [0.25, 0.3) is 0 Å². The quantitative estimate of drug-likeness (QED) is 0.451. The van der Waals surface area contributed by atoms with Crippen molar-refractivity contribution in [3.05, 3.63) is 52.3 Å². The molecule has 1 aliphatic carbocycles. The molecule has 198 valence electrons. The molecule has 2 atom stereocenters. The number of thioether (sulfide) groups is 1. The number of halogens is 1. The fourth-order valence-electron chi connectivity index (χ4n) is 4.39. The third kappa shape index (κ3) is 7.49. The predicted octanol–water partition coefficient (Wildman–Crippen LogP) is 6.09. The summed E-state index contributed by atoms with van der Waals surface area (Å²) in [6, 6.07) is 5.81. The van der Waals surface area contributed by atoms with Gasteiger partial charge in [0.1, 0.15) is 11.4 Å². The van der Waals surface area contributed by atoms with Crippen molar-refractivity contribution >= 4 is 51.3 Å². The molecule has 2 aliphatic rings. The van der Waals surface area contributed by atoms with Crippen molar-refractivity contribution in [1.82, 2.24) is 9.88 Å². The molecule has 0 spiro atoms. The summed E-state index contributed by atoms with van der Waals surface area (Å²) in [4.78, 5) is 43.9. The molecule has 1 aliphatic heterocycles. The lowest BCUT2D eigenvalue weighted by Crippen LogP contribution is -2.43. The lowest BCUT2D eigenvalue weighted by molar-refractivity contribution is -0.126. The Balaban J connectivity index is 1.59. The van der Waals surface area contributed by atoms with Gasteiger partial charge in [0, 0.05) is 42.1 Å². The fourth-order valence-corrected chi connectivity index (χ4v) is 5.96. The van der Waals surface area contributed by atoms with Crippen LogP contribution >= 0.6 is 23.1 Å². The maximum absolute atomic E-state index is 14.8. The molecular formula is C27H32FN3O4S2. The van der Waals surface area contributed by atoms with Gasteiger partial charge in [-0.2, -0.15) is 0 Å². The molecule has 7 nitrogen and oxygen atoms in total. The maximum Gasteiger partial charge on any atom is 0.413 e. The summed E-state index contributed by atoms with van der Waals surface area (Å²) < 4.78 is 20.1. The van der Waals surface area contributed by atoms with Crippen molar-refractivity contribution in [1.29, 1.82) is 0 Å². The van der Waals surface area contributed by atoms with Gasteiger partial charge in [-0.3, -0.25) is 19.8 Å². The fraction of sp³-hybridized carbons (Fsp3) is 0.481. The second kappa shape index (κ2) is 11.4. The highest BCUT2D eigenvalue weighted by Gasteiger charge is 2.41. The number of likely N-dealkylation sites (tertiary alicyclic amines) is 1. The summed E-state index contributed by atoms with van der Waals surface area (Å²) in [6.07, 6.45) is 3.65. The SMILES string of the molecule is CC(=O)SC1CCN(C(C(=O)C2CC2)c2ccccc2F)C/C1=C\c1csc(NC(=O)OC(C)(C)C)n1. The van der Waals surface area contributed by atoms with E-state index in [2.05, 4.69) is 10.3 Å². The van der Waals surface area contributed by atoms with E-state index in [0.29, 0.717) is 35.9 Å². The number of nitrogens with zero attached hydrogens (tertiary/aromatic N) is 2. The summed E-state index contributed by atoms with van der Waals surface area (Å²) in [5.41, 5.74) is 1.35. The Bertz CT molecular complexity index is 1200. The van der Waals surface area contributed by atoms with E-state index < -0.39 is 17.7 Å². The van der Waals surface area contributed by atoms with E-state index in [4.69, 9.17) is 4.74 Å². The topological polar surface area (TPSA) is 88.6 Å². The number of nitrogens with one attached hydrogen (secondary N) is 1. The first-order valence-corrected chi connectivity index (χ1v) is 14.1. The molecule has 2 fully saturated rings. The van der Waals surface area contributed by atoms with Crippen LogP contribution in [0.5, 0.6) is 0 Å². The van der Waals surface area contributed by atoms with Crippen LogP contribution in [0.3, 0.4) is 0 Å². The van der Waals surface area contributed by atoms with Crippen molar-refractivity contribution < 1.29 is 23.5 Å². The number of ketones is 1. The van der Waals surface area contributed by atoms with Crippen LogP contribution in [-0.2, 0) is 14.3 Å². The van der Waals surface area contributed by atoms with Gasteiger partial charge in [0.05, 0.1) is 11.7 Å². The second-order valence-corrected chi connectivity index (χ2v) is 12.6. The largest absolute Gasteiger partial charge is 0.444 e. The Kier molecular flexibility index (Phi) is 8.50. The summed E-state index contributed by atoms with van der Waals surface area (Å²) in [5.74, 6) is -0.356. The number of benzene rings is 1. The van der Waals surface area contributed by atoms with Gasteiger partial charge in [-0.05, 0) is 57.7 Å². The van der Waals surface area contributed by atoms with Gasteiger partial charge in [0.15, 0.2) is 16.0 Å². The minimum Gasteiger partial charge on any atom is -0.444 e. The minimum absolute atomic E-state index is 0.00891. The van der Waals surface area contributed by atoms with E-state index in [1.165, 1.54) is 29.2 Å². The number of carbonyl (C=O) groups excluding carboxylic acids is 3. The molecule has 37 heavy (non-hydrogen) atoms. The number of piperidine rings is 1. The molecule has 0 radical (unpaired) electrons. The Morgan fingerprint density at radius 2 is 1.97 bits per heavy atom. The van der Waals surface area contributed by atoms with Crippen LogP contribution in [-0.4, -0.2) is 50.8 Å². The third-order valence-corrected chi connectivity index (χ3v) is 7.99. The maximum atomic E-state index is 14.8. The molecule has 10 heteroatoms. The highest BCUT2D eigenvalue weighted by Crippen LogP contribution is 2.40. The number of thiazole rings is 1. The highest BCUT2D eigenvalue weighted by atomic mass is 32.2. The number of ether oxygens (including phenoxy) is 1. The van der Waals surface area contributed by atoms with Gasteiger partial charge >= 0.3 is 6.09 Å². The smallest absolute Gasteiger partial charge is 0.413 e. The number of aromatic nitrogens is 1. The van der Waals surface area contributed by atoms with E-state index in [-0.39, 0.29) is 27.9 Å². The first-order chi connectivity index (χ1) is 17.5. The van der Waals surface area contributed by atoms with Crippen molar-refractivity contribution in [3.63, 3.8) is 0 Å². The summed E-state index contributed by atoms with van der Waals surface area (Å²) in [5, 5.41) is 4.80.